The van der Waals surface area contributed by atoms with E-state index in [0.717, 1.165) is 23.2 Å². The van der Waals surface area contributed by atoms with Crippen molar-refractivity contribution in [1.82, 2.24) is 9.97 Å². The monoisotopic (exact) mass is 586 g/mol. The van der Waals surface area contributed by atoms with Gasteiger partial charge in [0, 0.05) is 35.6 Å². The molecule has 0 fully saturated rings. The Morgan fingerprint density at radius 3 is 1.89 bits per heavy atom. The van der Waals surface area contributed by atoms with Crippen molar-refractivity contribution in [1.29, 1.82) is 0 Å². The zero-order valence-corrected chi connectivity index (χ0v) is 25.3. The van der Waals surface area contributed by atoms with Crippen LogP contribution in [-0.2, 0) is 6.42 Å². The van der Waals surface area contributed by atoms with E-state index < -0.39 is 0 Å². The average molecular weight is 587 g/mol. The zero-order valence-electron chi connectivity index (χ0n) is 25.3. The van der Waals surface area contributed by atoms with Crippen LogP contribution in [0.25, 0.3) is 71.9 Å². The molecule has 46 heavy (non-hydrogen) atoms. The van der Waals surface area contributed by atoms with Crippen LogP contribution >= 0.6 is 0 Å². The summed E-state index contributed by atoms with van der Waals surface area (Å²) in [5.41, 5.74) is 10.9. The van der Waals surface area contributed by atoms with Crippen LogP contribution in [0.1, 0.15) is 22.6 Å². The molecule has 1 atom stereocenters. The molecule has 2 nitrogen and oxygen atoms in total. The fourth-order valence-electron chi connectivity index (χ4n) is 7.48. The lowest BCUT2D eigenvalue weighted by atomic mass is 9.78. The van der Waals surface area contributed by atoms with Crippen molar-refractivity contribution in [3.63, 3.8) is 0 Å². The summed E-state index contributed by atoms with van der Waals surface area (Å²) in [7, 11) is 0. The highest BCUT2D eigenvalue weighted by Gasteiger charge is 2.23. The van der Waals surface area contributed by atoms with Gasteiger partial charge in [-0.25, -0.2) is 0 Å². The molecule has 0 spiro atoms. The van der Waals surface area contributed by atoms with Crippen molar-refractivity contribution in [3.05, 3.63) is 175 Å². The molecule has 6 aromatic carbocycles. The topological polar surface area (TPSA) is 25.8 Å². The number of nitrogens with zero attached hydrogens (tertiary/aromatic N) is 2. The van der Waals surface area contributed by atoms with Crippen LogP contribution in [0.4, 0.5) is 0 Å². The fraction of sp³-hybridized carbons (Fsp3) is 0.0455. The second-order valence-electron chi connectivity index (χ2n) is 12.1. The highest BCUT2D eigenvalue weighted by atomic mass is 14.7. The highest BCUT2D eigenvalue weighted by Crippen LogP contribution is 2.46. The van der Waals surface area contributed by atoms with Gasteiger partial charge >= 0.3 is 0 Å². The van der Waals surface area contributed by atoms with E-state index in [0.29, 0.717) is 5.92 Å². The Morgan fingerprint density at radius 2 is 1.17 bits per heavy atom. The van der Waals surface area contributed by atoms with Crippen LogP contribution in [0.2, 0.25) is 0 Å². The van der Waals surface area contributed by atoms with Crippen molar-refractivity contribution in [2.75, 3.05) is 0 Å². The summed E-state index contributed by atoms with van der Waals surface area (Å²) in [6.07, 6.45) is 11.4. The van der Waals surface area contributed by atoms with Crippen molar-refractivity contribution in [2.24, 2.45) is 0 Å². The van der Waals surface area contributed by atoms with Gasteiger partial charge in [-0.3, -0.25) is 9.97 Å². The number of hydrogen-bond donors (Lipinski definition) is 0. The minimum Gasteiger partial charge on any atom is -0.264 e. The Labute approximate surface area is 268 Å². The summed E-state index contributed by atoms with van der Waals surface area (Å²) in [5.74, 6) is 0.306. The SMILES string of the molecule is C1=CC(c2c3ccccc3c(-c3cccc4c(-c5ccc(-c6cccnc6)nc5)cccc34)c3ccccc23)Cc2ccccc21. The summed E-state index contributed by atoms with van der Waals surface area (Å²) in [6, 6.07) is 48.4. The number of rotatable bonds is 4. The molecule has 0 saturated heterocycles. The summed E-state index contributed by atoms with van der Waals surface area (Å²) >= 11 is 0. The molecular formula is C44H30N2. The molecule has 0 N–H and O–H groups in total. The van der Waals surface area contributed by atoms with Gasteiger partial charge in [-0.05, 0) is 90.3 Å². The molecule has 0 aliphatic heterocycles. The Hall–Kier alpha value is -5.86. The molecule has 2 aromatic heterocycles. The van der Waals surface area contributed by atoms with Crippen molar-refractivity contribution in [2.45, 2.75) is 12.3 Å². The van der Waals surface area contributed by atoms with Crippen molar-refractivity contribution >= 4 is 38.4 Å². The Bertz CT molecular complexity index is 2380. The van der Waals surface area contributed by atoms with Crippen LogP contribution in [0.5, 0.6) is 0 Å². The first-order chi connectivity index (χ1) is 22.8. The first kappa shape index (κ1) is 26.5. The van der Waals surface area contributed by atoms with Gasteiger partial charge in [0.05, 0.1) is 5.69 Å². The van der Waals surface area contributed by atoms with E-state index in [-0.39, 0.29) is 0 Å². The second-order valence-corrected chi connectivity index (χ2v) is 12.1. The van der Waals surface area contributed by atoms with Gasteiger partial charge < -0.3 is 0 Å². The van der Waals surface area contributed by atoms with Gasteiger partial charge in [0.1, 0.15) is 0 Å². The first-order valence-electron chi connectivity index (χ1n) is 15.9. The predicted molar refractivity (Wildman–Crippen MR) is 193 cm³/mol. The smallest absolute Gasteiger partial charge is 0.0717 e. The number of allylic oxidation sites excluding steroid dienone is 1. The van der Waals surface area contributed by atoms with Crippen LogP contribution in [0.15, 0.2) is 158 Å². The molecule has 9 rings (SSSR count). The van der Waals surface area contributed by atoms with Crippen molar-refractivity contribution < 1.29 is 0 Å². The van der Waals surface area contributed by atoms with E-state index in [2.05, 4.69) is 138 Å². The lowest BCUT2D eigenvalue weighted by molar-refractivity contribution is 0.841. The van der Waals surface area contributed by atoms with Gasteiger partial charge in [-0.1, -0.05) is 127 Å². The van der Waals surface area contributed by atoms with E-state index in [4.69, 9.17) is 4.98 Å². The maximum Gasteiger partial charge on any atom is 0.0717 e. The average Bonchev–Trinajstić information content (AvgIpc) is 3.13. The number of pyridine rings is 2. The Balaban J connectivity index is 1.24. The fourth-order valence-corrected chi connectivity index (χ4v) is 7.48. The summed E-state index contributed by atoms with van der Waals surface area (Å²) in [5, 5.41) is 7.71. The minimum absolute atomic E-state index is 0.306. The van der Waals surface area contributed by atoms with Gasteiger partial charge in [0.15, 0.2) is 0 Å². The third-order valence-electron chi connectivity index (χ3n) is 9.57. The highest BCUT2D eigenvalue weighted by molar-refractivity contribution is 6.19. The molecule has 2 heteroatoms. The van der Waals surface area contributed by atoms with Crippen LogP contribution in [-0.4, -0.2) is 9.97 Å². The summed E-state index contributed by atoms with van der Waals surface area (Å²) in [6.45, 7) is 0. The maximum absolute atomic E-state index is 4.82. The molecule has 1 aliphatic rings. The third-order valence-corrected chi connectivity index (χ3v) is 9.57. The van der Waals surface area contributed by atoms with Gasteiger partial charge in [-0.2, -0.15) is 0 Å². The number of benzene rings is 6. The van der Waals surface area contributed by atoms with E-state index in [1.165, 1.54) is 65.7 Å². The quantitative estimate of drug-likeness (QED) is 0.192. The van der Waals surface area contributed by atoms with E-state index in [1.807, 2.05) is 24.5 Å². The van der Waals surface area contributed by atoms with Crippen LogP contribution < -0.4 is 0 Å². The lowest BCUT2D eigenvalue weighted by Gasteiger charge is -2.25. The largest absolute Gasteiger partial charge is 0.264 e. The lowest BCUT2D eigenvalue weighted by Crippen LogP contribution is -2.07. The number of fused-ring (bicyclic) bond motifs is 4. The molecule has 0 bridgehead atoms. The Morgan fingerprint density at radius 1 is 0.500 bits per heavy atom. The number of hydrogen-bond acceptors (Lipinski definition) is 2. The van der Waals surface area contributed by atoms with Crippen molar-refractivity contribution in [3.8, 4) is 33.5 Å². The standard InChI is InChI=1S/C44H30N2/c1-2-11-30-26-31(22-21-29(30)10-1)43-38-13-3-5-15-40(38)44(41-16-6-4-14-39(41)43)37-20-8-18-35-34(17-7-19-36(35)37)32-23-24-42(46-28-32)33-12-9-25-45-27-33/h1-25,27-28,31H,26H2. The molecular weight excluding hydrogens is 556 g/mol. The molecule has 0 amide bonds. The van der Waals surface area contributed by atoms with Crippen LogP contribution in [0.3, 0.4) is 0 Å². The molecule has 1 aliphatic carbocycles. The zero-order chi connectivity index (χ0) is 30.5. The molecule has 1 unspecified atom stereocenters. The molecule has 2 heterocycles. The van der Waals surface area contributed by atoms with E-state index >= 15 is 0 Å². The molecule has 216 valence electrons. The molecule has 0 radical (unpaired) electrons. The Kier molecular flexibility index (Phi) is 6.31. The summed E-state index contributed by atoms with van der Waals surface area (Å²) in [4.78, 5) is 9.08. The predicted octanol–water partition coefficient (Wildman–Crippen LogP) is 11.3. The normalized spacial score (nSPS) is 14.1. The number of aromatic nitrogens is 2. The van der Waals surface area contributed by atoms with Gasteiger partial charge in [-0.15, -0.1) is 0 Å². The van der Waals surface area contributed by atoms with Crippen LogP contribution in [0, 0.1) is 0 Å². The van der Waals surface area contributed by atoms with Gasteiger partial charge in [0.2, 0.25) is 0 Å². The first-order valence-corrected chi connectivity index (χ1v) is 15.9. The maximum atomic E-state index is 4.82. The third kappa shape index (κ3) is 4.34. The summed E-state index contributed by atoms with van der Waals surface area (Å²) < 4.78 is 0. The molecule has 0 saturated carbocycles. The second kappa shape index (κ2) is 10.9. The van der Waals surface area contributed by atoms with E-state index in [1.54, 1.807) is 6.20 Å². The van der Waals surface area contributed by atoms with Gasteiger partial charge in [0.25, 0.3) is 0 Å². The minimum atomic E-state index is 0.306. The van der Waals surface area contributed by atoms with E-state index in [9.17, 15) is 0 Å². The molecule has 8 aromatic rings.